The van der Waals surface area contributed by atoms with Gasteiger partial charge >= 0.3 is 0 Å². The summed E-state index contributed by atoms with van der Waals surface area (Å²) in [6, 6.07) is 22.3. The monoisotopic (exact) mass is 433 g/mol. The average Bonchev–Trinajstić information content (AvgIpc) is 3.03. The van der Waals surface area contributed by atoms with E-state index in [2.05, 4.69) is 20.9 Å². The van der Waals surface area contributed by atoms with E-state index in [9.17, 15) is 9.90 Å². The molecule has 0 saturated carbocycles. The van der Waals surface area contributed by atoms with Gasteiger partial charge in [0, 0.05) is 26.5 Å². The average molecular weight is 434 g/mol. The number of primary amides is 1. The zero-order chi connectivity index (χ0) is 19.7. The summed E-state index contributed by atoms with van der Waals surface area (Å²) >= 11 is 3.43. The Bertz CT molecular complexity index is 1200. The van der Waals surface area contributed by atoms with E-state index in [1.807, 2.05) is 54.6 Å². The molecule has 0 unspecified atom stereocenters. The van der Waals surface area contributed by atoms with Crippen LogP contribution in [0.2, 0.25) is 0 Å². The van der Waals surface area contributed by atoms with Crippen molar-refractivity contribution in [1.29, 1.82) is 0 Å². The lowest BCUT2D eigenvalue weighted by atomic mass is 10.00. The molecule has 0 spiro atoms. The van der Waals surface area contributed by atoms with Crippen LogP contribution >= 0.6 is 15.9 Å². The Balaban J connectivity index is 1.96. The summed E-state index contributed by atoms with van der Waals surface area (Å²) in [5.74, 6) is -0.541. The summed E-state index contributed by atoms with van der Waals surface area (Å²) < 4.78 is 0.960. The summed E-state index contributed by atoms with van der Waals surface area (Å²) in [7, 11) is 0. The topological polar surface area (TPSA) is 91.5 Å². The number of nitrogens with zero attached hydrogens (tertiary/aromatic N) is 1. The Hall–Kier alpha value is -3.38. The number of rotatable bonds is 4. The van der Waals surface area contributed by atoms with Gasteiger partial charge in [-0.15, -0.1) is 0 Å². The SMILES string of the molecule is NC(=O)c1ccc2c(C(=Nc3ccc(Br)cc3)c3ccccc3)c(O)[nH]c2c1. The van der Waals surface area contributed by atoms with E-state index >= 15 is 0 Å². The molecule has 4 aromatic rings. The summed E-state index contributed by atoms with van der Waals surface area (Å²) in [5, 5.41) is 11.4. The first-order valence-electron chi connectivity index (χ1n) is 8.57. The second-order valence-corrected chi connectivity index (χ2v) is 7.19. The smallest absolute Gasteiger partial charge is 0.248 e. The van der Waals surface area contributed by atoms with Gasteiger partial charge in [-0.2, -0.15) is 0 Å². The number of benzene rings is 3. The molecule has 1 aromatic heterocycles. The van der Waals surface area contributed by atoms with E-state index in [0.717, 1.165) is 21.1 Å². The van der Waals surface area contributed by atoms with Crippen LogP contribution in [-0.4, -0.2) is 21.7 Å². The molecule has 0 radical (unpaired) electrons. The minimum Gasteiger partial charge on any atom is -0.494 e. The van der Waals surface area contributed by atoms with Crippen molar-refractivity contribution in [3.8, 4) is 5.88 Å². The van der Waals surface area contributed by atoms with Gasteiger partial charge in [-0.25, -0.2) is 4.99 Å². The normalized spacial score (nSPS) is 11.7. The summed E-state index contributed by atoms with van der Waals surface area (Å²) in [6.07, 6.45) is 0. The van der Waals surface area contributed by atoms with Crippen molar-refractivity contribution in [2.75, 3.05) is 0 Å². The largest absolute Gasteiger partial charge is 0.494 e. The quantitative estimate of drug-likeness (QED) is 0.399. The number of aliphatic imine (C=N–C) groups is 1. The van der Waals surface area contributed by atoms with Gasteiger partial charge in [0.05, 0.1) is 17.0 Å². The van der Waals surface area contributed by atoms with Crippen LogP contribution in [0.15, 0.2) is 82.3 Å². The predicted octanol–water partition coefficient (Wildman–Crippen LogP) is 4.90. The summed E-state index contributed by atoms with van der Waals surface area (Å²) in [4.78, 5) is 19.2. The molecule has 28 heavy (non-hydrogen) atoms. The van der Waals surface area contributed by atoms with E-state index in [-0.39, 0.29) is 5.88 Å². The third-order valence-corrected chi connectivity index (χ3v) is 4.94. The molecule has 1 heterocycles. The summed E-state index contributed by atoms with van der Waals surface area (Å²) in [6.45, 7) is 0. The van der Waals surface area contributed by atoms with Crippen LogP contribution in [0.4, 0.5) is 5.69 Å². The van der Waals surface area contributed by atoms with Gasteiger partial charge in [-0.05, 0) is 36.4 Å². The first kappa shape index (κ1) is 18.0. The fourth-order valence-electron chi connectivity index (χ4n) is 3.08. The van der Waals surface area contributed by atoms with E-state index in [4.69, 9.17) is 10.7 Å². The van der Waals surface area contributed by atoms with Gasteiger partial charge in [-0.3, -0.25) is 4.79 Å². The number of carbonyl (C=O) groups excluding carboxylic acids is 1. The summed E-state index contributed by atoms with van der Waals surface area (Å²) in [5.41, 5.74) is 9.16. The number of hydrogen-bond donors (Lipinski definition) is 3. The van der Waals surface area contributed by atoms with Crippen LogP contribution in [0.5, 0.6) is 5.88 Å². The number of fused-ring (bicyclic) bond motifs is 1. The van der Waals surface area contributed by atoms with Gasteiger partial charge in [0.25, 0.3) is 0 Å². The predicted molar refractivity (Wildman–Crippen MR) is 114 cm³/mol. The fraction of sp³-hybridized carbons (Fsp3) is 0. The number of aromatic hydroxyl groups is 1. The lowest BCUT2D eigenvalue weighted by Crippen LogP contribution is -2.10. The molecule has 4 rings (SSSR count). The van der Waals surface area contributed by atoms with Crippen molar-refractivity contribution in [3.05, 3.63) is 94.0 Å². The molecule has 0 fully saturated rings. The van der Waals surface area contributed by atoms with Crippen LogP contribution in [0.1, 0.15) is 21.5 Å². The molecule has 0 aliphatic rings. The zero-order valence-corrected chi connectivity index (χ0v) is 16.3. The van der Waals surface area contributed by atoms with Gasteiger partial charge in [0.2, 0.25) is 5.91 Å². The highest BCUT2D eigenvalue weighted by atomic mass is 79.9. The van der Waals surface area contributed by atoms with Gasteiger partial charge in [-0.1, -0.05) is 52.3 Å². The van der Waals surface area contributed by atoms with Crippen LogP contribution in [0.25, 0.3) is 10.9 Å². The maximum absolute atomic E-state index is 11.5. The number of hydrogen-bond acceptors (Lipinski definition) is 3. The number of aromatic amines is 1. The van der Waals surface area contributed by atoms with Crippen LogP contribution in [0, 0.1) is 0 Å². The highest BCUT2D eigenvalue weighted by Crippen LogP contribution is 2.32. The lowest BCUT2D eigenvalue weighted by Gasteiger charge is -2.08. The third kappa shape index (κ3) is 3.42. The number of amides is 1. The van der Waals surface area contributed by atoms with Crippen LogP contribution < -0.4 is 5.73 Å². The fourth-order valence-corrected chi connectivity index (χ4v) is 3.35. The molecule has 1 amide bonds. The van der Waals surface area contributed by atoms with E-state index < -0.39 is 5.91 Å². The Morgan fingerprint density at radius 3 is 2.36 bits per heavy atom. The highest BCUT2D eigenvalue weighted by Gasteiger charge is 2.19. The molecule has 138 valence electrons. The molecule has 4 N–H and O–H groups in total. The first-order chi connectivity index (χ1) is 13.5. The number of carbonyl (C=O) groups is 1. The molecule has 0 bridgehead atoms. The molecule has 0 atom stereocenters. The maximum atomic E-state index is 11.5. The van der Waals surface area contributed by atoms with Crippen LogP contribution in [-0.2, 0) is 0 Å². The minimum absolute atomic E-state index is 0.0173. The highest BCUT2D eigenvalue weighted by molar-refractivity contribution is 9.10. The Morgan fingerprint density at radius 2 is 1.68 bits per heavy atom. The van der Waals surface area contributed by atoms with E-state index in [1.54, 1.807) is 18.2 Å². The van der Waals surface area contributed by atoms with E-state index in [0.29, 0.717) is 22.4 Å². The van der Waals surface area contributed by atoms with Crippen LogP contribution in [0.3, 0.4) is 0 Å². The number of nitrogens with two attached hydrogens (primary N) is 1. The first-order valence-corrected chi connectivity index (χ1v) is 9.37. The number of H-pyrrole nitrogens is 1. The molecule has 3 aromatic carbocycles. The van der Waals surface area contributed by atoms with E-state index in [1.165, 1.54) is 0 Å². The molecular weight excluding hydrogens is 418 g/mol. The molecule has 0 aliphatic heterocycles. The molecule has 0 saturated heterocycles. The Morgan fingerprint density at radius 1 is 0.964 bits per heavy atom. The second-order valence-electron chi connectivity index (χ2n) is 6.28. The maximum Gasteiger partial charge on any atom is 0.248 e. The molecule has 6 heteroatoms. The molecule has 0 aliphatic carbocycles. The van der Waals surface area contributed by atoms with Gasteiger partial charge in [0.15, 0.2) is 5.88 Å². The Kier molecular flexibility index (Phi) is 4.71. The van der Waals surface area contributed by atoms with Crippen molar-refractivity contribution >= 4 is 44.1 Å². The number of aromatic nitrogens is 1. The third-order valence-electron chi connectivity index (χ3n) is 4.41. The number of halogens is 1. The molecular formula is C22H16BrN3O2. The molecule has 5 nitrogen and oxygen atoms in total. The van der Waals surface area contributed by atoms with Crippen molar-refractivity contribution in [3.63, 3.8) is 0 Å². The zero-order valence-electron chi connectivity index (χ0n) is 14.7. The van der Waals surface area contributed by atoms with Crippen molar-refractivity contribution in [2.24, 2.45) is 10.7 Å². The minimum atomic E-state index is -0.524. The van der Waals surface area contributed by atoms with Crippen molar-refractivity contribution in [2.45, 2.75) is 0 Å². The van der Waals surface area contributed by atoms with Gasteiger partial charge in [0.1, 0.15) is 0 Å². The van der Waals surface area contributed by atoms with Crippen molar-refractivity contribution < 1.29 is 9.90 Å². The Labute approximate surface area is 169 Å². The number of nitrogens with one attached hydrogen (secondary N) is 1. The lowest BCUT2D eigenvalue weighted by molar-refractivity contribution is 0.100. The van der Waals surface area contributed by atoms with Crippen molar-refractivity contribution in [1.82, 2.24) is 4.98 Å². The van der Waals surface area contributed by atoms with Gasteiger partial charge < -0.3 is 15.8 Å². The standard InChI is InChI=1S/C22H16BrN3O2/c23-15-7-9-16(10-8-15)25-20(13-4-2-1-3-5-13)19-17-11-6-14(21(24)27)12-18(17)26-22(19)28/h1-12,26,28H,(H2,24,27). The second kappa shape index (κ2) is 7.32.